The molecule has 14 heavy (non-hydrogen) atoms. The Kier molecular flexibility index (Phi) is 5.66. The third-order valence-corrected chi connectivity index (χ3v) is 2.63. The van der Waals surface area contributed by atoms with Crippen LogP contribution < -0.4 is 5.32 Å². The molecule has 1 heterocycles. The van der Waals surface area contributed by atoms with Crippen molar-refractivity contribution < 1.29 is 4.74 Å². The maximum atomic E-state index is 5.68. The molecule has 1 rings (SSSR count). The molecule has 0 aromatic carbocycles. The monoisotopic (exact) mass is 195 g/mol. The van der Waals surface area contributed by atoms with E-state index in [0.29, 0.717) is 12.1 Å². The average molecular weight is 195 g/mol. The SMILES string of the molecule is CC#CCNC1CCOC(CCC)C1. The second kappa shape index (κ2) is 6.86. The van der Waals surface area contributed by atoms with Gasteiger partial charge in [-0.3, -0.25) is 0 Å². The summed E-state index contributed by atoms with van der Waals surface area (Å²) in [7, 11) is 0. The van der Waals surface area contributed by atoms with Crippen molar-refractivity contribution in [1.82, 2.24) is 5.32 Å². The van der Waals surface area contributed by atoms with Crippen LogP contribution in [0.2, 0.25) is 0 Å². The zero-order valence-corrected chi connectivity index (χ0v) is 9.31. The second-order valence-corrected chi connectivity index (χ2v) is 3.81. The van der Waals surface area contributed by atoms with Crippen molar-refractivity contribution in [2.24, 2.45) is 0 Å². The quantitative estimate of drug-likeness (QED) is 0.692. The van der Waals surface area contributed by atoms with Crippen molar-refractivity contribution in [1.29, 1.82) is 0 Å². The van der Waals surface area contributed by atoms with Crippen LogP contribution in [0.25, 0.3) is 0 Å². The zero-order chi connectivity index (χ0) is 10.2. The molecule has 0 aromatic heterocycles. The fraction of sp³-hybridized carbons (Fsp3) is 0.833. The van der Waals surface area contributed by atoms with Crippen LogP contribution in [-0.4, -0.2) is 25.3 Å². The number of rotatable bonds is 4. The van der Waals surface area contributed by atoms with Gasteiger partial charge in [-0.15, -0.1) is 5.92 Å². The van der Waals surface area contributed by atoms with Crippen molar-refractivity contribution in [2.45, 2.75) is 51.7 Å². The molecule has 1 saturated heterocycles. The van der Waals surface area contributed by atoms with Crippen LogP contribution in [0.3, 0.4) is 0 Å². The Balaban J connectivity index is 2.20. The summed E-state index contributed by atoms with van der Waals surface area (Å²) in [5.41, 5.74) is 0. The predicted octanol–water partition coefficient (Wildman–Crippen LogP) is 1.95. The summed E-state index contributed by atoms with van der Waals surface area (Å²) in [6, 6.07) is 0.612. The molecule has 2 atom stereocenters. The van der Waals surface area contributed by atoms with Gasteiger partial charge in [-0.05, 0) is 26.2 Å². The van der Waals surface area contributed by atoms with E-state index in [1.807, 2.05) is 6.92 Å². The lowest BCUT2D eigenvalue weighted by Crippen LogP contribution is -2.39. The lowest BCUT2D eigenvalue weighted by molar-refractivity contribution is -0.00247. The van der Waals surface area contributed by atoms with E-state index in [0.717, 1.165) is 26.0 Å². The highest BCUT2D eigenvalue weighted by Crippen LogP contribution is 2.17. The maximum absolute atomic E-state index is 5.68. The first-order valence-corrected chi connectivity index (χ1v) is 5.61. The minimum atomic E-state index is 0.473. The van der Waals surface area contributed by atoms with Gasteiger partial charge < -0.3 is 10.1 Å². The molecule has 0 amide bonds. The van der Waals surface area contributed by atoms with Crippen molar-refractivity contribution >= 4 is 0 Å². The lowest BCUT2D eigenvalue weighted by atomic mass is 10.0. The van der Waals surface area contributed by atoms with Gasteiger partial charge in [-0.25, -0.2) is 0 Å². The Bertz CT molecular complexity index is 202. The van der Waals surface area contributed by atoms with E-state index in [1.54, 1.807) is 0 Å². The fourth-order valence-electron chi connectivity index (χ4n) is 1.87. The summed E-state index contributed by atoms with van der Waals surface area (Å²) in [5, 5.41) is 3.46. The van der Waals surface area contributed by atoms with Gasteiger partial charge in [0.25, 0.3) is 0 Å². The van der Waals surface area contributed by atoms with Gasteiger partial charge in [0.1, 0.15) is 0 Å². The first-order valence-electron chi connectivity index (χ1n) is 5.61. The minimum Gasteiger partial charge on any atom is -0.378 e. The molecular formula is C12H21NO. The molecule has 80 valence electrons. The molecule has 0 radical (unpaired) electrons. The second-order valence-electron chi connectivity index (χ2n) is 3.81. The highest BCUT2D eigenvalue weighted by molar-refractivity contribution is 4.98. The van der Waals surface area contributed by atoms with Gasteiger partial charge in [0.15, 0.2) is 0 Å². The lowest BCUT2D eigenvalue weighted by Gasteiger charge is -2.29. The van der Waals surface area contributed by atoms with Crippen molar-refractivity contribution in [3.8, 4) is 11.8 Å². The van der Waals surface area contributed by atoms with Crippen LogP contribution in [0, 0.1) is 11.8 Å². The molecule has 0 aromatic rings. The van der Waals surface area contributed by atoms with Gasteiger partial charge in [0.05, 0.1) is 12.6 Å². The highest BCUT2D eigenvalue weighted by atomic mass is 16.5. The smallest absolute Gasteiger partial charge is 0.0589 e. The van der Waals surface area contributed by atoms with Crippen LogP contribution in [0.5, 0.6) is 0 Å². The fourth-order valence-corrected chi connectivity index (χ4v) is 1.87. The highest BCUT2D eigenvalue weighted by Gasteiger charge is 2.20. The summed E-state index contributed by atoms with van der Waals surface area (Å²) in [5.74, 6) is 5.94. The molecule has 1 fully saturated rings. The van der Waals surface area contributed by atoms with Crippen molar-refractivity contribution in [3.63, 3.8) is 0 Å². The molecular weight excluding hydrogens is 174 g/mol. The van der Waals surface area contributed by atoms with Gasteiger partial charge in [-0.2, -0.15) is 0 Å². The molecule has 0 aliphatic carbocycles. The third kappa shape index (κ3) is 4.13. The molecule has 0 spiro atoms. The molecule has 2 unspecified atom stereocenters. The summed E-state index contributed by atoms with van der Waals surface area (Å²) >= 11 is 0. The summed E-state index contributed by atoms with van der Waals surface area (Å²) in [6.07, 6.45) is 5.16. The number of hydrogen-bond donors (Lipinski definition) is 1. The molecule has 1 aliphatic heterocycles. The minimum absolute atomic E-state index is 0.473. The Morgan fingerprint density at radius 1 is 1.50 bits per heavy atom. The standard InChI is InChI=1S/C12H21NO/c1-3-5-8-13-11-7-9-14-12(10-11)6-4-2/h11-13H,4,6-10H2,1-2H3. The van der Waals surface area contributed by atoms with Gasteiger partial charge in [0, 0.05) is 12.6 Å². The van der Waals surface area contributed by atoms with Crippen LogP contribution in [-0.2, 0) is 4.74 Å². The number of ether oxygens (including phenoxy) is 1. The van der Waals surface area contributed by atoms with Crippen LogP contribution >= 0.6 is 0 Å². The van der Waals surface area contributed by atoms with Gasteiger partial charge in [-0.1, -0.05) is 19.3 Å². The molecule has 1 aliphatic rings. The van der Waals surface area contributed by atoms with Gasteiger partial charge >= 0.3 is 0 Å². The zero-order valence-electron chi connectivity index (χ0n) is 9.31. The van der Waals surface area contributed by atoms with E-state index in [-0.39, 0.29) is 0 Å². The van der Waals surface area contributed by atoms with E-state index in [4.69, 9.17) is 4.74 Å². The van der Waals surface area contributed by atoms with Crippen molar-refractivity contribution in [3.05, 3.63) is 0 Å². The Hall–Kier alpha value is -0.520. The van der Waals surface area contributed by atoms with E-state index < -0.39 is 0 Å². The number of nitrogens with one attached hydrogen (secondary N) is 1. The Labute approximate surface area is 87.4 Å². The average Bonchev–Trinajstić information content (AvgIpc) is 2.19. The number of hydrogen-bond acceptors (Lipinski definition) is 2. The van der Waals surface area contributed by atoms with E-state index in [9.17, 15) is 0 Å². The van der Waals surface area contributed by atoms with E-state index in [1.165, 1.54) is 12.8 Å². The summed E-state index contributed by atoms with van der Waals surface area (Å²) < 4.78 is 5.68. The first kappa shape index (κ1) is 11.6. The normalized spacial score (nSPS) is 26.7. The summed E-state index contributed by atoms with van der Waals surface area (Å²) in [4.78, 5) is 0. The van der Waals surface area contributed by atoms with Crippen LogP contribution in [0.15, 0.2) is 0 Å². The molecule has 0 saturated carbocycles. The largest absolute Gasteiger partial charge is 0.378 e. The Morgan fingerprint density at radius 3 is 3.07 bits per heavy atom. The Morgan fingerprint density at radius 2 is 2.36 bits per heavy atom. The maximum Gasteiger partial charge on any atom is 0.0589 e. The van der Waals surface area contributed by atoms with E-state index >= 15 is 0 Å². The van der Waals surface area contributed by atoms with Crippen molar-refractivity contribution in [2.75, 3.05) is 13.2 Å². The van der Waals surface area contributed by atoms with E-state index in [2.05, 4.69) is 24.1 Å². The predicted molar refractivity (Wildman–Crippen MR) is 59.1 cm³/mol. The van der Waals surface area contributed by atoms with Crippen LogP contribution in [0.1, 0.15) is 39.5 Å². The van der Waals surface area contributed by atoms with Crippen LogP contribution in [0.4, 0.5) is 0 Å². The third-order valence-electron chi connectivity index (χ3n) is 2.63. The first-order chi connectivity index (χ1) is 6.86. The molecule has 2 heteroatoms. The topological polar surface area (TPSA) is 21.3 Å². The van der Waals surface area contributed by atoms with Gasteiger partial charge in [0.2, 0.25) is 0 Å². The molecule has 1 N–H and O–H groups in total. The molecule has 2 nitrogen and oxygen atoms in total. The molecule has 0 bridgehead atoms. The summed E-state index contributed by atoms with van der Waals surface area (Å²) in [6.45, 7) is 5.82.